The van der Waals surface area contributed by atoms with Crippen molar-refractivity contribution in [3.63, 3.8) is 0 Å². The molecule has 2 unspecified atom stereocenters. The van der Waals surface area contributed by atoms with Gasteiger partial charge in [0.15, 0.2) is 0 Å². The van der Waals surface area contributed by atoms with Gasteiger partial charge >= 0.3 is 5.97 Å². The monoisotopic (exact) mass is 341 g/mol. The fraction of sp³-hybridized carbons (Fsp3) is 0.350. The van der Waals surface area contributed by atoms with Crippen molar-refractivity contribution in [1.29, 1.82) is 0 Å². The van der Waals surface area contributed by atoms with Crippen molar-refractivity contribution in [2.45, 2.75) is 42.3 Å². The van der Waals surface area contributed by atoms with E-state index in [4.69, 9.17) is 0 Å². The molecule has 0 spiro atoms. The number of carboxylic acid groups (broad SMARTS) is 1. The van der Waals surface area contributed by atoms with Gasteiger partial charge in [0.25, 0.3) is 0 Å². The molecule has 0 radical (unpaired) electrons. The lowest BCUT2D eigenvalue weighted by molar-refractivity contribution is -0.139. The van der Waals surface area contributed by atoms with E-state index >= 15 is 0 Å². The summed E-state index contributed by atoms with van der Waals surface area (Å²) >= 11 is 1.73. The number of thioether (sulfide) groups is 1. The summed E-state index contributed by atoms with van der Waals surface area (Å²) in [6.45, 7) is 4.01. The zero-order valence-corrected chi connectivity index (χ0v) is 14.8. The van der Waals surface area contributed by atoms with Crippen LogP contribution in [0.2, 0.25) is 0 Å². The highest BCUT2D eigenvalue weighted by atomic mass is 32.2. The molecule has 3 rings (SSSR count). The molecule has 1 saturated heterocycles. The molecule has 0 saturated carbocycles. The third-order valence-corrected chi connectivity index (χ3v) is 6.05. The standard InChI is InChI=1S/C20H23NO2S/c1-20(2)18(19(22)23)21-17(24-20)13-16(14-9-5-3-6-10-14)15-11-7-4-8-12-15/h3-12,16-18,21H,13H2,1-2H3,(H,22,23). The second kappa shape index (κ2) is 6.99. The maximum atomic E-state index is 11.5. The summed E-state index contributed by atoms with van der Waals surface area (Å²) in [5.41, 5.74) is 2.53. The first-order valence-corrected chi connectivity index (χ1v) is 9.12. The fourth-order valence-electron chi connectivity index (χ4n) is 3.39. The number of carboxylic acids is 1. The van der Waals surface area contributed by atoms with Gasteiger partial charge in [0.05, 0.1) is 5.37 Å². The number of aliphatic carboxylic acids is 1. The van der Waals surface area contributed by atoms with Crippen molar-refractivity contribution in [2.75, 3.05) is 0 Å². The molecule has 2 atom stereocenters. The highest BCUT2D eigenvalue weighted by molar-refractivity contribution is 8.01. The fourth-order valence-corrected chi connectivity index (χ4v) is 4.92. The summed E-state index contributed by atoms with van der Waals surface area (Å²) < 4.78 is -0.311. The zero-order chi connectivity index (χ0) is 17.2. The van der Waals surface area contributed by atoms with Crippen molar-refractivity contribution in [1.82, 2.24) is 5.32 Å². The van der Waals surface area contributed by atoms with Crippen molar-refractivity contribution >= 4 is 17.7 Å². The first-order chi connectivity index (χ1) is 11.5. The van der Waals surface area contributed by atoms with Crippen LogP contribution in [0.25, 0.3) is 0 Å². The van der Waals surface area contributed by atoms with E-state index in [-0.39, 0.29) is 16.0 Å². The molecule has 2 aromatic carbocycles. The molecule has 1 aliphatic rings. The van der Waals surface area contributed by atoms with Gasteiger partial charge in [-0.25, -0.2) is 0 Å². The van der Waals surface area contributed by atoms with Crippen LogP contribution in [0, 0.1) is 0 Å². The lowest BCUT2D eigenvalue weighted by Crippen LogP contribution is -2.44. The molecule has 0 aliphatic carbocycles. The summed E-state index contributed by atoms with van der Waals surface area (Å²) in [6.07, 6.45) is 0.867. The molecule has 1 fully saturated rings. The van der Waals surface area contributed by atoms with Gasteiger partial charge in [-0.05, 0) is 31.4 Å². The lowest BCUT2D eigenvalue weighted by atomic mass is 9.88. The molecule has 2 N–H and O–H groups in total. The van der Waals surface area contributed by atoms with Crippen LogP contribution in [-0.2, 0) is 4.79 Å². The van der Waals surface area contributed by atoms with Crippen molar-refractivity contribution < 1.29 is 9.90 Å². The van der Waals surface area contributed by atoms with Crippen LogP contribution in [0.3, 0.4) is 0 Å². The number of hydrogen-bond donors (Lipinski definition) is 2. The lowest BCUT2D eigenvalue weighted by Gasteiger charge is -2.22. The van der Waals surface area contributed by atoms with E-state index in [1.54, 1.807) is 11.8 Å². The molecule has 0 amide bonds. The number of benzene rings is 2. The van der Waals surface area contributed by atoms with Crippen LogP contribution in [0.5, 0.6) is 0 Å². The van der Waals surface area contributed by atoms with E-state index in [9.17, 15) is 9.90 Å². The molecule has 1 heterocycles. The van der Waals surface area contributed by atoms with Crippen molar-refractivity contribution in [2.24, 2.45) is 0 Å². The molecule has 3 nitrogen and oxygen atoms in total. The third-order valence-electron chi connectivity index (χ3n) is 4.59. The van der Waals surface area contributed by atoms with E-state index in [1.807, 2.05) is 26.0 Å². The summed E-state index contributed by atoms with van der Waals surface area (Å²) in [4.78, 5) is 11.5. The Morgan fingerprint density at radius 3 is 2.00 bits per heavy atom. The van der Waals surface area contributed by atoms with E-state index in [2.05, 4.69) is 53.8 Å². The first-order valence-electron chi connectivity index (χ1n) is 8.24. The molecule has 24 heavy (non-hydrogen) atoms. The van der Waals surface area contributed by atoms with Crippen LogP contribution in [0.1, 0.15) is 37.3 Å². The van der Waals surface area contributed by atoms with Gasteiger partial charge in [-0.15, -0.1) is 11.8 Å². The van der Waals surface area contributed by atoms with Crippen molar-refractivity contribution in [3.8, 4) is 0 Å². The van der Waals surface area contributed by atoms with Crippen LogP contribution >= 0.6 is 11.8 Å². The van der Waals surface area contributed by atoms with Gasteiger partial charge in [0.1, 0.15) is 6.04 Å². The predicted octanol–water partition coefficient (Wildman–Crippen LogP) is 4.10. The number of rotatable bonds is 5. The van der Waals surface area contributed by atoms with Gasteiger partial charge in [-0.3, -0.25) is 10.1 Å². The van der Waals surface area contributed by atoms with Crippen molar-refractivity contribution in [3.05, 3.63) is 71.8 Å². The zero-order valence-electron chi connectivity index (χ0n) is 14.0. The number of carbonyl (C=O) groups is 1. The van der Waals surface area contributed by atoms with Gasteiger partial charge in [-0.1, -0.05) is 60.7 Å². The smallest absolute Gasteiger partial charge is 0.322 e. The summed E-state index contributed by atoms with van der Waals surface area (Å²) in [7, 11) is 0. The minimum atomic E-state index is -0.772. The first kappa shape index (κ1) is 17.1. The topological polar surface area (TPSA) is 49.3 Å². The average molecular weight is 341 g/mol. The highest BCUT2D eigenvalue weighted by Crippen LogP contribution is 2.42. The average Bonchev–Trinajstić information content (AvgIpc) is 2.89. The minimum absolute atomic E-state index is 0.117. The SMILES string of the molecule is CC1(C)SC(CC(c2ccccc2)c2ccccc2)NC1C(=O)O. The summed E-state index contributed by atoms with van der Waals surface area (Å²) in [5.74, 6) is -0.522. The Kier molecular flexibility index (Phi) is 4.97. The Labute approximate surface area is 147 Å². The number of nitrogens with one attached hydrogen (secondary N) is 1. The van der Waals surface area contributed by atoms with Crippen LogP contribution in [0.15, 0.2) is 60.7 Å². The predicted molar refractivity (Wildman–Crippen MR) is 99.4 cm³/mol. The maximum absolute atomic E-state index is 11.5. The summed E-state index contributed by atoms with van der Waals surface area (Å²) in [5, 5.41) is 12.9. The third kappa shape index (κ3) is 3.65. The Balaban J connectivity index is 1.85. The number of hydrogen-bond acceptors (Lipinski definition) is 3. The van der Waals surface area contributed by atoms with E-state index in [0.717, 1.165) is 6.42 Å². The molecule has 0 bridgehead atoms. The molecule has 2 aromatic rings. The minimum Gasteiger partial charge on any atom is -0.480 e. The Hall–Kier alpha value is -1.78. The maximum Gasteiger partial charge on any atom is 0.322 e. The van der Waals surface area contributed by atoms with Gasteiger partial charge in [0.2, 0.25) is 0 Å². The Morgan fingerprint density at radius 1 is 1.08 bits per heavy atom. The van der Waals surface area contributed by atoms with Gasteiger partial charge < -0.3 is 5.11 Å². The Bertz CT molecular complexity index is 648. The quantitative estimate of drug-likeness (QED) is 0.859. The summed E-state index contributed by atoms with van der Waals surface area (Å²) in [6, 6.07) is 20.4. The molecular weight excluding hydrogens is 318 g/mol. The van der Waals surface area contributed by atoms with E-state index in [0.29, 0.717) is 0 Å². The van der Waals surface area contributed by atoms with E-state index in [1.165, 1.54) is 11.1 Å². The van der Waals surface area contributed by atoms with Crippen LogP contribution in [0.4, 0.5) is 0 Å². The second-order valence-electron chi connectivity index (χ2n) is 6.76. The molecule has 0 aromatic heterocycles. The normalized spacial score (nSPS) is 22.6. The molecular formula is C20H23NO2S. The largest absolute Gasteiger partial charge is 0.480 e. The van der Waals surface area contributed by atoms with Gasteiger partial charge in [0, 0.05) is 10.7 Å². The van der Waals surface area contributed by atoms with Crippen LogP contribution < -0.4 is 5.32 Å². The van der Waals surface area contributed by atoms with Crippen LogP contribution in [-0.4, -0.2) is 27.2 Å². The highest BCUT2D eigenvalue weighted by Gasteiger charge is 2.45. The molecule has 1 aliphatic heterocycles. The van der Waals surface area contributed by atoms with Gasteiger partial charge in [-0.2, -0.15) is 0 Å². The van der Waals surface area contributed by atoms with E-state index < -0.39 is 12.0 Å². The molecule has 4 heteroatoms. The Morgan fingerprint density at radius 2 is 1.58 bits per heavy atom. The molecule has 126 valence electrons. The second-order valence-corrected chi connectivity index (χ2v) is 8.61.